The average Bonchev–Trinajstić information content (AvgIpc) is 3.17. The number of amides is 2. The number of para-hydroxylation sites is 1. The highest BCUT2D eigenvalue weighted by molar-refractivity contribution is 9.10. The van der Waals surface area contributed by atoms with Crippen LogP contribution in [0.4, 0.5) is 4.79 Å². The van der Waals surface area contributed by atoms with Gasteiger partial charge in [0, 0.05) is 10.0 Å². The Kier molecular flexibility index (Phi) is 9.55. The van der Waals surface area contributed by atoms with Crippen molar-refractivity contribution < 1.29 is 23.8 Å². The summed E-state index contributed by atoms with van der Waals surface area (Å²) in [5.74, 6) is 1.26. The van der Waals surface area contributed by atoms with Crippen molar-refractivity contribution >= 4 is 56.5 Å². The number of carbonyl (C=O) groups excluding carboxylic acids is 2. The van der Waals surface area contributed by atoms with Crippen molar-refractivity contribution in [3.63, 3.8) is 0 Å². The van der Waals surface area contributed by atoms with E-state index in [9.17, 15) is 9.59 Å². The van der Waals surface area contributed by atoms with Gasteiger partial charge in [0.15, 0.2) is 11.5 Å². The topological polar surface area (TPSA) is 65.1 Å². The molecule has 3 aromatic rings. The van der Waals surface area contributed by atoms with Gasteiger partial charge in [0.2, 0.25) is 0 Å². The molecular formula is C29H25BrClNO5S. The van der Waals surface area contributed by atoms with Gasteiger partial charge in [-0.1, -0.05) is 57.9 Å². The molecule has 0 radical (unpaired) electrons. The van der Waals surface area contributed by atoms with Gasteiger partial charge in [0.05, 0.1) is 23.6 Å². The van der Waals surface area contributed by atoms with E-state index in [0.29, 0.717) is 45.8 Å². The van der Waals surface area contributed by atoms with Gasteiger partial charge < -0.3 is 14.2 Å². The first-order chi connectivity index (χ1) is 18.4. The molecule has 1 heterocycles. The summed E-state index contributed by atoms with van der Waals surface area (Å²) in [5, 5.41) is 0.117. The summed E-state index contributed by atoms with van der Waals surface area (Å²) in [6.45, 7) is 4.47. The maximum absolute atomic E-state index is 13.0. The van der Waals surface area contributed by atoms with E-state index in [1.165, 1.54) is 4.90 Å². The summed E-state index contributed by atoms with van der Waals surface area (Å²) in [6.07, 6.45) is 4.00. The van der Waals surface area contributed by atoms with Crippen molar-refractivity contribution in [1.29, 1.82) is 0 Å². The molecule has 0 N–H and O–H groups in total. The summed E-state index contributed by atoms with van der Waals surface area (Å²) in [4.78, 5) is 27.1. The Bertz CT molecular complexity index is 1380. The molecule has 1 saturated heterocycles. The first-order valence-electron chi connectivity index (χ1n) is 11.7. The van der Waals surface area contributed by atoms with Crippen molar-refractivity contribution in [2.24, 2.45) is 0 Å². The number of methoxy groups -OCH3 is 1. The van der Waals surface area contributed by atoms with Crippen LogP contribution in [0.3, 0.4) is 0 Å². The van der Waals surface area contributed by atoms with E-state index in [0.717, 1.165) is 27.4 Å². The van der Waals surface area contributed by atoms with E-state index in [-0.39, 0.29) is 24.3 Å². The molecule has 38 heavy (non-hydrogen) atoms. The standard InChI is InChI=1S/C29H25BrClNO5S/c1-3-6-21-15-20(16-25(35-2)27(21)37-18-19-9-11-22(30)12-10-19)17-26-28(33)32(29(34)38-26)13-14-36-24-8-5-4-7-23(24)31/h3-5,7-12,15-17H,1,6,13-14,18H2,2H3/b26-17-. The van der Waals surface area contributed by atoms with Crippen LogP contribution in [0.1, 0.15) is 16.7 Å². The van der Waals surface area contributed by atoms with Crippen LogP contribution in [-0.4, -0.2) is 36.3 Å². The van der Waals surface area contributed by atoms with Crippen LogP contribution in [0.25, 0.3) is 6.08 Å². The van der Waals surface area contributed by atoms with E-state index in [4.69, 9.17) is 25.8 Å². The lowest BCUT2D eigenvalue weighted by molar-refractivity contribution is -0.123. The van der Waals surface area contributed by atoms with Crippen LogP contribution in [0, 0.1) is 0 Å². The monoisotopic (exact) mass is 613 g/mol. The Morgan fingerprint density at radius 1 is 1.05 bits per heavy atom. The molecule has 1 fully saturated rings. The number of hydrogen-bond acceptors (Lipinski definition) is 6. The van der Waals surface area contributed by atoms with E-state index in [2.05, 4.69) is 22.5 Å². The van der Waals surface area contributed by atoms with Crippen LogP contribution < -0.4 is 14.2 Å². The van der Waals surface area contributed by atoms with Crippen molar-refractivity contribution in [1.82, 2.24) is 4.90 Å². The summed E-state index contributed by atoms with van der Waals surface area (Å²) < 4.78 is 18.4. The molecule has 0 aliphatic carbocycles. The number of rotatable bonds is 11. The molecule has 2 amide bonds. The highest BCUT2D eigenvalue weighted by Crippen LogP contribution is 2.37. The number of imide groups is 1. The molecule has 0 spiro atoms. The van der Waals surface area contributed by atoms with Crippen molar-refractivity contribution in [3.05, 3.63) is 104 Å². The van der Waals surface area contributed by atoms with Crippen LogP contribution >= 0.6 is 39.3 Å². The summed E-state index contributed by atoms with van der Waals surface area (Å²) in [6, 6.07) is 18.6. The Morgan fingerprint density at radius 2 is 1.82 bits per heavy atom. The quantitative estimate of drug-likeness (QED) is 0.164. The van der Waals surface area contributed by atoms with Gasteiger partial charge in [-0.3, -0.25) is 14.5 Å². The van der Waals surface area contributed by atoms with Gasteiger partial charge in [-0.2, -0.15) is 0 Å². The average molecular weight is 615 g/mol. The van der Waals surface area contributed by atoms with E-state index >= 15 is 0 Å². The Labute approximate surface area is 239 Å². The molecule has 6 nitrogen and oxygen atoms in total. The second-order valence-corrected chi connectivity index (χ2v) is 10.5. The van der Waals surface area contributed by atoms with Gasteiger partial charge in [0.1, 0.15) is 19.0 Å². The van der Waals surface area contributed by atoms with Gasteiger partial charge in [-0.05, 0) is 71.8 Å². The molecule has 0 saturated carbocycles. The Balaban J connectivity index is 1.50. The summed E-state index contributed by atoms with van der Waals surface area (Å²) >= 11 is 10.4. The predicted octanol–water partition coefficient (Wildman–Crippen LogP) is 7.53. The van der Waals surface area contributed by atoms with Gasteiger partial charge in [-0.15, -0.1) is 6.58 Å². The number of halogens is 2. The zero-order valence-corrected chi connectivity index (χ0v) is 23.8. The first kappa shape index (κ1) is 27.8. The second kappa shape index (κ2) is 13.0. The summed E-state index contributed by atoms with van der Waals surface area (Å²) in [7, 11) is 1.57. The minimum atomic E-state index is -0.373. The largest absolute Gasteiger partial charge is 0.493 e. The smallest absolute Gasteiger partial charge is 0.293 e. The fourth-order valence-electron chi connectivity index (χ4n) is 3.78. The van der Waals surface area contributed by atoms with Crippen LogP contribution in [0.2, 0.25) is 5.02 Å². The van der Waals surface area contributed by atoms with Crippen LogP contribution in [0.5, 0.6) is 17.2 Å². The Hall–Kier alpha value is -3.20. The molecule has 196 valence electrons. The van der Waals surface area contributed by atoms with Gasteiger partial charge in [0.25, 0.3) is 11.1 Å². The van der Waals surface area contributed by atoms with E-state index < -0.39 is 0 Å². The number of thioether (sulfide) groups is 1. The first-order valence-corrected chi connectivity index (χ1v) is 13.7. The highest BCUT2D eigenvalue weighted by Gasteiger charge is 2.35. The normalized spacial score (nSPS) is 14.2. The highest BCUT2D eigenvalue weighted by atomic mass is 79.9. The lowest BCUT2D eigenvalue weighted by Gasteiger charge is -2.16. The minimum absolute atomic E-state index is 0.112. The molecular weight excluding hydrogens is 590 g/mol. The zero-order valence-electron chi connectivity index (χ0n) is 20.6. The molecule has 3 aromatic carbocycles. The lowest BCUT2D eigenvalue weighted by atomic mass is 10.0. The fourth-order valence-corrected chi connectivity index (χ4v) is 5.10. The SMILES string of the molecule is C=CCc1cc(/C=C2\SC(=O)N(CCOc3ccccc3Cl)C2=O)cc(OC)c1OCc1ccc(Br)cc1. The second-order valence-electron chi connectivity index (χ2n) is 8.23. The van der Waals surface area contributed by atoms with E-state index in [1.54, 1.807) is 49.6 Å². The summed E-state index contributed by atoms with van der Waals surface area (Å²) in [5.41, 5.74) is 2.58. The molecule has 0 atom stereocenters. The maximum atomic E-state index is 13.0. The fraction of sp³-hybridized carbons (Fsp3) is 0.172. The van der Waals surface area contributed by atoms with Crippen LogP contribution in [0.15, 0.2) is 82.7 Å². The molecule has 4 rings (SSSR count). The minimum Gasteiger partial charge on any atom is -0.493 e. The molecule has 0 unspecified atom stereocenters. The third-order valence-corrected chi connectivity index (χ3v) is 7.36. The number of ether oxygens (including phenoxy) is 3. The predicted molar refractivity (Wildman–Crippen MR) is 155 cm³/mol. The van der Waals surface area contributed by atoms with Gasteiger partial charge in [-0.25, -0.2) is 0 Å². The number of benzene rings is 3. The third-order valence-electron chi connectivity index (χ3n) is 5.62. The van der Waals surface area contributed by atoms with E-state index in [1.807, 2.05) is 30.3 Å². The molecule has 1 aliphatic heterocycles. The van der Waals surface area contributed by atoms with Crippen molar-refractivity contribution in [3.8, 4) is 17.2 Å². The number of carbonyl (C=O) groups is 2. The van der Waals surface area contributed by atoms with Crippen LogP contribution in [-0.2, 0) is 17.8 Å². The Morgan fingerprint density at radius 3 is 2.53 bits per heavy atom. The molecule has 9 heteroatoms. The zero-order chi connectivity index (χ0) is 27.1. The maximum Gasteiger partial charge on any atom is 0.293 e. The third kappa shape index (κ3) is 6.81. The van der Waals surface area contributed by atoms with Crippen molar-refractivity contribution in [2.75, 3.05) is 20.3 Å². The molecule has 0 aromatic heterocycles. The lowest BCUT2D eigenvalue weighted by Crippen LogP contribution is -2.32. The number of hydrogen-bond donors (Lipinski definition) is 0. The van der Waals surface area contributed by atoms with Crippen molar-refractivity contribution in [2.45, 2.75) is 13.0 Å². The van der Waals surface area contributed by atoms with Gasteiger partial charge >= 0.3 is 0 Å². The number of nitrogens with zero attached hydrogens (tertiary/aromatic N) is 1. The molecule has 1 aliphatic rings. The molecule has 0 bridgehead atoms. The number of allylic oxidation sites excluding steroid dienone is 1.